The molecule has 0 amide bonds. The summed E-state index contributed by atoms with van der Waals surface area (Å²) in [5.74, 6) is -1.43. The molecule has 0 aliphatic rings. The Labute approximate surface area is 140 Å². The highest BCUT2D eigenvalue weighted by atomic mass is 35.5. The van der Waals surface area contributed by atoms with Crippen LogP contribution in [0.2, 0.25) is 10.0 Å². The highest BCUT2D eigenvalue weighted by Gasteiger charge is 2.22. The second kappa shape index (κ2) is 8.39. The molecule has 1 N–H and O–H groups in total. The van der Waals surface area contributed by atoms with E-state index in [0.29, 0.717) is 12.3 Å². The molecular weight excluding hydrogens is 327 g/mol. The molecule has 1 aromatic rings. The Hall–Kier alpha value is -1.26. The van der Waals surface area contributed by atoms with Crippen molar-refractivity contribution in [2.45, 2.75) is 46.1 Å². The Morgan fingerprint density at radius 3 is 2.14 bits per heavy atom. The predicted octanol–water partition coefficient (Wildman–Crippen LogP) is 5.06. The lowest BCUT2D eigenvalue weighted by atomic mass is 10.0. The minimum atomic E-state index is -1.25. The van der Waals surface area contributed by atoms with Crippen LogP contribution in [0.1, 0.15) is 60.7 Å². The maximum absolute atomic E-state index is 12.3. The molecule has 1 rings (SSSR count). The van der Waals surface area contributed by atoms with E-state index >= 15 is 0 Å². The second-order valence-corrected chi connectivity index (χ2v) is 6.34. The number of esters is 1. The van der Waals surface area contributed by atoms with Crippen LogP contribution in [0.4, 0.5) is 0 Å². The molecule has 0 radical (unpaired) electrons. The van der Waals surface area contributed by atoms with Gasteiger partial charge < -0.3 is 9.84 Å². The zero-order chi connectivity index (χ0) is 16.9. The number of carboxylic acids is 1. The zero-order valence-corrected chi connectivity index (χ0v) is 14.4. The molecule has 0 aliphatic carbocycles. The first kappa shape index (κ1) is 18.8. The molecule has 0 aliphatic heterocycles. The lowest BCUT2D eigenvalue weighted by molar-refractivity contribution is 0.0255. The Balaban J connectivity index is 2.96. The van der Waals surface area contributed by atoms with Crippen LogP contribution in [0.5, 0.6) is 0 Å². The first-order chi connectivity index (χ1) is 10.3. The standard InChI is InChI=1S/C16H20Cl2O4/c1-4-10(6-5-9(2)3)22-16(21)12-8-14(18)13(17)7-11(12)15(19)20/h7-10H,4-6H2,1-3H3,(H,19,20). The summed E-state index contributed by atoms with van der Waals surface area (Å²) in [4.78, 5) is 23.5. The number of aromatic carboxylic acids is 1. The van der Waals surface area contributed by atoms with Gasteiger partial charge in [-0.15, -0.1) is 0 Å². The maximum atomic E-state index is 12.3. The van der Waals surface area contributed by atoms with E-state index in [-0.39, 0.29) is 27.3 Å². The van der Waals surface area contributed by atoms with Crippen molar-refractivity contribution < 1.29 is 19.4 Å². The fraction of sp³-hybridized carbons (Fsp3) is 0.500. The van der Waals surface area contributed by atoms with E-state index in [0.717, 1.165) is 18.9 Å². The summed E-state index contributed by atoms with van der Waals surface area (Å²) in [6.07, 6.45) is 2.09. The van der Waals surface area contributed by atoms with Crippen molar-refractivity contribution in [3.63, 3.8) is 0 Å². The molecule has 122 valence electrons. The van der Waals surface area contributed by atoms with Gasteiger partial charge in [-0.25, -0.2) is 9.59 Å². The Kier molecular flexibility index (Phi) is 7.17. The van der Waals surface area contributed by atoms with Crippen molar-refractivity contribution >= 4 is 35.1 Å². The summed E-state index contributed by atoms with van der Waals surface area (Å²) >= 11 is 11.7. The number of carbonyl (C=O) groups excluding carboxylic acids is 1. The third-order valence-corrected chi connectivity index (χ3v) is 4.03. The first-order valence-electron chi connectivity index (χ1n) is 7.19. The van der Waals surface area contributed by atoms with Crippen molar-refractivity contribution in [1.29, 1.82) is 0 Å². The summed E-state index contributed by atoms with van der Waals surface area (Å²) in [7, 11) is 0. The number of carboxylic acid groups (broad SMARTS) is 1. The largest absolute Gasteiger partial charge is 0.478 e. The van der Waals surface area contributed by atoms with Gasteiger partial charge in [0.2, 0.25) is 0 Å². The summed E-state index contributed by atoms with van der Waals surface area (Å²) < 4.78 is 5.42. The van der Waals surface area contributed by atoms with Gasteiger partial charge in [0.25, 0.3) is 0 Å². The molecule has 0 fully saturated rings. The van der Waals surface area contributed by atoms with Crippen molar-refractivity contribution in [2.75, 3.05) is 0 Å². The van der Waals surface area contributed by atoms with Gasteiger partial charge in [0, 0.05) is 0 Å². The summed E-state index contributed by atoms with van der Waals surface area (Å²) in [5, 5.41) is 9.39. The van der Waals surface area contributed by atoms with Crippen molar-refractivity contribution in [3.05, 3.63) is 33.3 Å². The van der Waals surface area contributed by atoms with Gasteiger partial charge in [-0.3, -0.25) is 0 Å². The van der Waals surface area contributed by atoms with E-state index in [2.05, 4.69) is 13.8 Å². The van der Waals surface area contributed by atoms with Gasteiger partial charge in [-0.05, 0) is 37.3 Å². The van der Waals surface area contributed by atoms with Crippen LogP contribution in [0.15, 0.2) is 12.1 Å². The Morgan fingerprint density at radius 2 is 1.68 bits per heavy atom. The molecule has 1 aromatic carbocycles. The van der Waals surface area contributed by atoms with E-state index in [1.807, 2.05) is 6.92 Å². The van der Waals surface area contributed by atoms with Gasteiger partial charge in [-0.1, -0.05) is 44.0 Å². The normalized spacial score (nSPS) is 12.3. The number of hydrogen-bond donors (Lipinski definition) is 1. The van der Waals surface area contributed by atoms with Gasteiger partial charge in [0.05, 0.1) is 21.2 Å². The molecule has 0 spiro atoms. The van der Waals surface area contributed by atoms with Crippen molar-refractivity contribution in [2.24, 2.45) is 5.92 Å². The molecule has 0 bridgehead atoms. The number of carbonyl (C=O) groups is 2. The maximum Gasteiger partial charge on any atom is 0.339 e. The molecule has 0 saturated heterocycles. The molecule has 1 unspecified atom stereocenters. The monoisotopic (exact) mass is 346 g/mol. The quantitative estimate of drug-likeness (QED) is 0.700. The van der Waals surface area contributed by atoms with E-state index < -0.39 is 11.9 Å². The van der Waals surface area contributed by atoms with E-state index in [4.69, 9.17) is 27.9 Å². The lowest BCUT2D eigenvalue weighted by Crippen LogP contribution is -2.20. The topological polar surface area (TPSA) is 63.6 Å². The minimum absolute atomic E-state index is 0.0788. The van der Waals surface area contributed by atoms with Gasteiger partial charge >= 0.3 is 11.9 Å². The molecule has 0 aromatic heterocycles. The van der Waals surface area contributed by atoms with Crippen LogP contribution >= 0.6 is 23.2 Å². The Morgan fingerprint density at radius 1 is 1.14 bits per heavy atom. The van der Waals surface area contributed by atoms with Crippen LogP contribution in [-0.2, 0) is 4.74 Å². The average Bonchev–Trinajstić information content (AvgIpc) is 2.45. The van der Waals surface area contributed by atoms with E-state index in [9.17, 15) is 14.7 Å². The van der Waals surface area contributed by atoms with Crippen LogP contribution in [0.25, 0.3) is 0 Å². The second-order valence-electron chi connectivity index (χ2n) is 5.52. The van der Waals surface area contributed by atoms with Gasteiger partial charge in [0.15, 0.2) is 0 Å². The third kappa shape index (κ3) is 5.18. The number of rotatable bonds is 7. The summed E-state index contributed by atoms with van der Waals surface area (Å²) in [6, 6.07) is 2.41. The zero-order valence-electron chi connectivity index (χ0n) is 12.9. The fourth-order valence-electron chi connectivity index (χ4n) is 1.97. The van der Waals surface area contributed by atoms with Crippen LogP contribution < -0.4 is 0 Å². The molecule has 22 heavy (non-hydrogen) atoms. The molecule has 1 atom stereocenters. The lowest BCUT2D eigenvalue weighted by Gasteiger charge is -2.18. The first-order valence-corrected chi connectivity index (χ1v) is 7.95. The highest BCUT2D eigenvalue weighted by Crippen LogP contribution is 2.27. The molecular formula is C16H20Cl2O4. The van der Waals surface area contributed by atoms with Crippen LogP contribution in [0.3, 0.4) is 0 Å². The SMILES string of the molecule is CCC(CCC(C)C)OC(=O)c1cc(Cl)c(Cl)cc1C(=O)O. The van der Waals surface area contributed by atoms with Crippen LogP contribution in [0, 0.1) is 5.92 Å². The molecule has 6 heteroatoms. The minimum Gasteiger partial charge on any atom is -0.478 e. The van der Waals surface area contributed by atoms with Gasteiger partial charge in [0.1, 0.15) is 6.10 Å². The number of ether oxygens (including phenoxy) is 1. The average molecular weight is 347 g/mol. The van der Waals surface area contributed by atoms with Crippen molar-refractivity contribution in [3.8, 4) is 0 Å². The third-order valence-electron chi connectivity index (χ3n) is 3.31. The highest BCUT2D eigenvalue weighted by molar-refractivity contribution is 6.42. The molecule has 0 saturated carbocycles. The summed E-state index contributed by atoms with van der Waals surface area (Å²) in [5.41, 5.74) is -0.289. The van der Waals surface area contributed by atoms with Crippen LogP contribution in [-0.4, -0.2) is 23.1 Å². The predicted molar refractivity (Wildman–Crippen MR) is 87.0 cm³/mol. The molecule has 4 nitrogen and oxygen atoms in total. The number of hydrogen-bond acceptors (Lipinski definition) is 3. The molecule has 0 heterocycles. The number of benzene rings is 1. The van der Waals surface area contributed by atoms with E-state index in [1.165, 1.54) is 6.07 Å². The number of halogens is 2. The van der Waals surface area contributed by atoms with E-state index in [1.54, 1.807) is 0 Å². The van der Waals surface area contributed by atoms with Gasteiger partial charge in [-0.2, -0.15) is 0 Å². The smallest absolute Gasteiger partial charge is 0.339 e. The Bertz CT molecular complexity index is 555. The van der Waals surface area contributed by atoms with Crippen molar-refractivity contribution in [1.82, 2.24) is 0 Å². The fourth-order valence-corrected chi connectivity index (χ4v) is 2.30. The summed E-state index contributed by atoms with van der Waals surface area (Å²) in [6.45, 7) is 6.11.